The Morgan fingerprint density at radius 2 is 1.21 bits per heavy atom. The summed E-state index contributed by atoms with van der Waals surface area (Å²) in [6.45, 7) is 0. The summed E-state index contributed by atoms with van der Waals surface area (Å²) in [7, 11) is 4.77. The van der Waals surface area contributed by atoms with Crippen LogP contribution in [-0.4, -0.2) is 18.7 Å². The van der Waals surface area contributed by atoms with E-state index in [2.05, 4.69) is 4.98 Å². The number of aryl methyl sites for hydroxylation is 2. The van der Waals surface area contributed by atoms with E-state index in [0.29, 0.717) is 11.2 Å². The van der Waals surface area contributed by atoms with E-state index in [1.165, 1.54) is 17.9 Å². The maximum Gasteiger partial charge on any atom is 0.332 e. The molecule has 0 radical (unpaired) electrons. The predicted molar refractivity (Wildman–Crippen MR) is 112 cm³/mol. The Morgan fingerprint density at radius 1 is 0.750 bits per heavy atom. The molecule has 0 aliphatic carbocycles. The van der Waals surface area contributed by atoms with E-state index < -0.39 is 0 Å². The molecule has 28 heavy (non-hydrogen) atoms. The molecule has 144 valence electrons. The Labute approximate surface area is 161 Å². The Bertz CT molecular complexity index is 1190. The summed E-state index contributed by atoms with van der Waals surface area (Å²) in [5.41, 5.74) is 15.3. The molecule has 0 saturated carbocycles. The molecule has 2 aromatic heterocycles. The molecule has 0 saturated heterocycles. The maximum absolute atomic E-state index is 11.7. The summed E-state index contributed by atoms with van der Waals surface area (Å²) in [5, 5.41) is 0. The maximum atomic E-state index is 11.7. The van der Waals surface area contributed by atoms with Gasteiger partial charge < -0.3 is 16.0 Å². The van der Waals surface area contributed by atoms with Gasteiger partial charge in [-0.15, -0.1) is 0 Å². The van der Waals surface area contributed by atoms with Gasteiger partial charge in [-0.2, -0.15) is 0 Å². The highest BCUT2D eigenvalue weighted by Crippen LogP contribution is 2.21. The van der Waals surface area contributed by atoms with E-state index in [-0.39, 0.29) is 11.2 Å². The molecule has 4 N–H and O–H groups in total. The quantitative estimate of drug-likeness (QED) is 0.487. The van der Waals surface area contributed by atoms with Crippen LogP contribution in [-0.2, 0) is 21.1 Å². The Balaban J connectivity index is 0.000000161. The zero-order chi connectivity index (χ0) is 20.4. The number of hydrogen-bond acceptors (Lipinski definition) is 5. The third-order valence-electron chi connectivity index (χ3n) is 4.47. The van der Waals surface area contributed by atoms with Gasteiger partial charge in [0.05, 0.1) is 6.33 Å². The van der Waals surface area contributed by atoms with Gasteiger partial charge in [0.25, 0.3) is 5.56 Å². The lowest BCUT2D eigenvalue weighted by Gasteiger charge is -2.02. The summed E-state index contributed by atoms with van der Waals surface area (Å²) in [5.74, 6) is 0. The zero-order valence-electron chi connectivity index (χ0n) is 16.0. The molecule has 4 aromatic rings. The van der Waals surface area contributed by atoms with Crippen molar-refractivity contribution in [2.24, 2.45) is 21.1 Å². The van der Waals surface area contributed by atoms with Crippen molar-refractivity contribution < 1.29 is 0 Å². The van der Waals surface area contributed by atoms with Gasteiger partial charge in [-0.25, -0.2) is 9.78 Å². The molecule has 8 nitrogen and oxygen atoms in total. The predicted octanol–water partition coefficient (Wildman–Crippen LogP) is 1.49. The molecular weight excluding hydrogens is 356 g/mol. The van der Waals surface area contributed by atoms with Gasteiger partial charge >= 0.3 is 5.69 Å². The first kappa shape index (κ1) is 19.0. The second-order valence-electron chi connectivity index (χ2n) is 6.48. The standard InChI is InChI=1S/C12H12N2.C8H10N4O2/c13-11-5-1-9(2-6-11)10-3-7-12(14)8-4-10;1-10-4-9-6-5(10)7(13)12(3)8(14)11(6)2/h1-8H,13-14H2;4H,1-3H3. The molecule has 4 rings (SSSR count). The van der Waals surface area contributed by atoms with E-state index in [1.54, 1.807) is 18.7 Å². The summed E-state index contributed by atoms with van der Waals surface area (Å²) in [6.07, 6.45) is 1.52. The fourth-order valence-corrected chi connectivity index (χ4v) is 2.82. The minimum Gasteiger partial charge on any atom is -0.399 e. The van der Waals surface area contributed by atoms with Crippen molar-refractivity contribution in [3.05, 3.63) is 75.7 Å². The Morgan fingerprint density at radius 3 is 1.68 bits per heavy atom. The lowest BCUT2D eigenvalue weighted by Crippen LogP contribution is -2.37. The summed E-state index contributed by atoms with van der Waals surface area (Å²) < 4.78 is 4.04. The first-order chi connectivity index (χ1) is 13.3. The summed E-state index contributed by atoms with van der Waals surface area (Å²) >= 11 is 0. The SMILES string of the molecule is Cn1c(=O)c2c(ncn2C)n(C)c1=O.Nc1ccc(-c2ccc(N)cc2)cc1. The van der Waals surface area contributed by atoms with Gasteiger partial charge in [0.2, 0.25) is 0 Å². The molecule has 0 amide bonds. The van der Waals surface area contributed by atoms with Crippen LogP contribution in [0.25, 0.3) is 22.3 Å². The van der Waals surface area contributed by atoms with Crippen LogP contribution in [0, 0.1) is 0 Å². The van der Waals surface area contributed by atoms with Gasteiger partial charge in [-0.05, 0) is 35.4 Å². The van der Waals surface area contributed by atoms with E-state index in [9.17, 15) is 9.59 Å². The zero-order valence-corrected chi connectivity index (χ0v) is 16.0. The van der Waals surface area contributed by atoms with Gasteiger partial charge in [-0.1, -0.05) is 24.3 Å². The van der Waals surface area contributed by atoms with Gasteiger partial charge in [0.15, 0.2) is 11.2 Å². The van der Waals surface area contributed by atoms with Gasteiger partial charge in [0.1, 0.15) is 0 Å². The number of imidazole rings is 1. The smallest absolute Gasteiger partial charge is 0.332 e. The second-order valence-corrected chi connectivity index (χ2v) is 6.48. The molecule has 0 unspecified atom stereocenters. The van der Waals surface area contributed by atoms with Crippen molar-refractivity contribution in [3.63, 3.8) is 0 Å². The number of rotatable bonds is 1. The monoisotopic (exact) mass is 378 g/mol. The van der Waals surface area contributed by atoms with E-state index in [4.69, 9.17) is 11.5 Å². The van der Waals surface area contributed by atoms with Crippen LogP contribution in [0.1, 0.15) is 0 Å². The van der Waals surface area contributed by atoms with Gasteiger partial charge in [0, 0.05) is 32.5 Å². The van der Waals surface area contributed by atoms with Crippen LogP contribution >= 0.6 is 0 Å². The number of aromatic nitrogens is 4. The van der Waals surface area contributed by atoms with Crippen LogP contribution < -0.4 is 22.7 Å². The number of hydrogen-bond donors (Lipinski definition) is 2. The fraction of sp³-hybridized carbons (Fsp3) is 0.150. The lowest BCUT2D eigenvalue weighted by atomic mass is 10.1. The third kappa shape index (κ3) is 3.52. The minimum absolute atomic E-state index is 0.317. The number of anilines is 2. The summed E-state index contributed by atoms with van der Waals surface area (Å²) in [4.78, 5) is 27.2. The number of nitrogens with two attached hydrogens (primary N) is 2. The molecule has 8 heteroatoms. The first-order valence-electron chi connectivity index (χ1n) is 8.58. The number of benzene rings is 2. The summed E-state index contributed by atoms with van der Waals surface area (Å²) in [6, 6.07) is 15.6. The van der Waals surface area contributed by atoms with Crippen molar-refractivity contribution in [1.29, 1.82) is 0 Å². The average Bonchev–Trinajstić information content (AvgIpc) is 3.08. The van der Waals surface area contributed by atoms with E-state index in [1.807, 2.05) is 48.5 Å². The topological polar surface area (TPSA) is 114 Å². The number of nitrogen functional groups attached to an aromatic ring is 2. The molecule has 0 aliphatic rings. The molecule has 2 heterocycles. The van der Waals surface area contributed by atoms with Gasteiger partial charge in [-0.3, -0.25) is 13.9 Å². The normalized spacial score (nSPS) is 10.5. The van der Waals surface area contributed by atoms with E-state index in [0.717, 1.165) is 27.1 Å². The van der Waals surface area contributed by atoms with Crippen molar-refractivity contribution in [2.45, 2.75) is 0 Å². The van der Waals surface area contributed by atoms with Crippen LogP contribution in [0.3, 0.4) is 0 Å². The molecule has 2 aromatic carbocycles. The Kier molecular flexibility index (Phi) is 5.04. The van der Waals surface area contributed by atoms with E-state index >= 15 is 0 Å². The lowest BCUT2D eigenvalue weighted by molar-refractivity contribution is 0.705. The second kappa shape index (κ2) is 7.43. The Hall–Kier alpha value is -3.81. The largest absolute Gasteiger partial charge is 0.399 e. The van der Waals surface area contributed by atoms with Crippen molar-refractivity contribution in [1.82, 2.24) is 18.7 Å². The molecular formula is C20H22N6O2. The molecule has 0 fully saturated rings. The molecule has 0 aliphatic heterocycles. The first-order valence-corrected chi connectivity index (χ1v) is 8.58. The average molecular weight is 378 g/mol. The van der Waals surface area contributed by atoms with Crippen LogP contribution in [0.5, 0.6) is 0 Å². The van der Waals surface area contributed by atoms with Crippen molar-refractivity contribution >= 4 is 22.5 Å². The number of fused-ring (bicyclic) bond motifs is 1. The van der Waals surface area contributed by atoms with Crippen LogP contribution in [0.15, 0.2) is 64.4 Å². The van der Waals surface area contributed by atoms with Crippen molar-refractivity contribution in [2.75, 3.05) is 11.5 Å². The molecule has 0 spiro atoms. The molecule has 0 bridgehead atoms. The minimum atomic E-state index is -0.360. The fourth-order valence-electron chi connectivity index (χ4n) is 2.82. The van der Waals surface area contributed by atoms with Crippen LogP contribution in [0.2, 0.25) is 0 Å². The highest BCUT2D eigenvalue weighted by Gasteiger charge is 2.11. The number of nitrogens with zero attached hydrogens (tertiary/aromatic N) is 4. The molecule has 0 atom stereocenters. The van der Waals surface area contributed by atoms with Crippen LogP contribution in [0.4, 0.5) is 11.4 Å². The van der Waals surface area contributed by atoms with Crippen molar-refractivity contribution in [3.8, 4) is 11.1 Å². The highest BCUT2D eigenvalue weighted by molar-refractivity contribution is 5.69. The third-order valence-corrected chi connectivity index (χ3v) is 4.47. The highest BCUT2D eigenvalue weighted by atomic mass is 16.2.